The molecule has 1 aliphatic carbocycles. The molecule has 0 atom stereocenters. The van der Waals surface area contributed by atoms with Crippen LogP contribution >= 0.6 is 11.3 Å². The Bertz CT molecular complexity index is 1150. The number of Topliss-reactive ketones (excluding diaryl/α,β-unsaturated/α-hetero) is 1. The minimum Gasteiger partial charge on any atom is -0.512 e. The van der Waals surface area contributed by atoms with Crippen LogP contribution in [0.3, 0.4) is 0 Å². The Kier molecular flexibility index (Phi) is 4.56. The molecule has 0 bridgehead atoms. The third-order valence-electron chi connectivity index (χ3n) is 4.67. The maximum Gasteiger partial charge on any atom is 0.318 e. The number of aliphatic hydroxyl groups excluding tert-OH is 1. The van der Waals surface area contributed by atoms with Crippen LogP contribution in [-0.4, -0.2) is 26.0 Å². The summed E-state index contributed by atoms with van der Waals surface area (Å²) in [5.74, 6) is 0.553. The lowest BCUT2D eigenvalue weighted by Gasteiger charge is -2.11. The Balaban J connectivity index is 1.70. The first-order chi connectivity index (χ1) is 13.5. The number of thiazole rings is 1. The minimum atomic E-state index is -0.200. The second-order valence-electron chi connectivity index (χ2n) is 6.42. The maximum atomic E-state index is 12.2. The van der Waals surface area contributed by atoms with E-state index in [0.717, 1.165) is 12.0 Å². The van der Waals surface area contributed by atoms with Crippen LogP contribution in [-0.2, 0) is 11.2 Å². The topological polar surface area (TPSA) is 99.7 Å². The molecule has 0 saturated heterocycles. The summed E-state index contributed by atoms with van der Waals surface area (Å²) in [6.45, 7) is 1.99. The Hall–Kier alpha value is -3.26. The molecule has 0 spiro atoms. The zero-order valence-corrected chi connectivity index (χ0v) is 15.8. The number of ketones is 1. The molecule has 8 heteroatoms. The van der Waals surface area contributed by atoms with Gasteiger partial charge in [0.15, 0.2) is 5.78 Å². The summed E-state index contributed by atoms with van der Waals surface area (Å²) in [6, 6.07) is 10.0. The molecule has 0 fully saturated rings. The maximum absolute atomic E-state index is 12.2. The molecule has 1 aliphatic rings. The molecule has 4 rings (SSSR count). The van der Waals surface area contributed by atoms with Crippen LogP contribution < -0.4 is 4.74 Å². The standard InChI is InChI=1S/C20H16N2O5S/c1-2-11-3-5-13(10-14(11)19-16(23)7-8-17(19)24)27-20-21-15-6-4-12(22(25)26)9-18(15)28-20/h3-6,9-10H,2,7-8H2,1H3,(H-,23,24,25,26)/p+1. The third-order valence-corrected chi connectivity index (χ3v) is 5.56. The number of fused-ring (bicyclic) bond motifs is 1. The van der Waals surface area contributed by atoms with E-state index in [0.29, 0.717) is 45.1 Å². The van der Waals surface area contributed by atoms with Gasteiger partial charge >= 0.3 is 5.69 Å². The molecule has 0 amide bonds. The molecule has 7 nitrogen and oxygen atoms in total. The van der Waals surface area contributed by atoms with E-state index in [4.69, 9.17) is 9.94 Å². The fourth-order valence-electron chi connectivity index (χ4n) is 3.26. The summed E-state index contributed by atoms with van der Waals surface area (Å²) in [7, 11) is 0. The molecule has 0 unspecified atom stereocenters. The molecule has 142 valence electrons. The molecule has 0 aliphatic heterocycles. The van der Waals surface area contributed by atoms with Crippen molar-refractivity contribution in [3.05, 3.63) is 58.2 Å². The van der Waals surface area contributed by atoms with E-state index in [1.807, 2.05) is 13.0 Å². The highest BCUT2D eigenvalue weighted by atomic mass is 32.1. The zero-order valence-electron chi connectivity index (χ0n) is 15.0. The van der Waals surface area contributed by atoms with Gasteiger partial charge in [-0.25, -0.2) is 10.2 Å². The van der Waals surface area contributed by atoms with Crippen LogP contribution in [0, 0.1) is 4.91 Å². The Labute approximate surface area is 164 Å². The number of aryl methyl sites for hydroxylation is 1. The van der Waals surface area contributed by atoms with Gasteiger partial charge in [-0.3, -0.25) is 4.79 Å². The molecule has 3 aromatic rings. The molecule has 1 heterocycles. The van der Waals surface area contributed by atoms with E-state index in [-0.39, 0.29) is 22.2 Å². The van der Waals surface area contributed by atoms with Crippen molar-refractivity contribution in [2.45, 2.75) is 26.2 Å². The summed E-state index contributed by atoms with van der Waals surface area (Å²) in [5, 5.41) is 19.5. The molecule has 2 aromatic carbocycles. The monoisotopic (exact) mass is 397 g/mol. The van der Waals surface area contributed by atoms with Crippen molar-refractivity contribution in [3.8, 4) is 10.9 Å². The van der Waals surface area contributed by atoms with Gasteiger partial charge < -0.3 is 9.84 Å². The fraction of sp³-hybridized carbons (Fsp3) is 0.200. The van der Waals surface area contributed by atoms with Crippen LogP contribution in [0.4, 0.5) is 5.69 Å². The van der Waals surface area contributed by atoms with Crippen molar-refractivity contribution in [2.75, 3.05) is 0 Å². The Morgan fingerprint density at radius 2 is 2.04 bits per heavy atom. The number of carbonyl (C=O) groups excluding carboxylic acids is 1. The molecular weight excluding hydrogens is 380 g/mol. The Morgan fingerprint density at radius 3 is 2.71 bits per heavy atom. The lowest BCUT2D eigenvalue weighted by molar-refractivity contribution is -0.729. The molecule has 28 heavy (non-hydrogen) atoms. The average Bonchev–Trinajstić information content (AvgIpc) is 3.22. The first-order valence-corrected chi connectivity index (χ1v) is 9.61. The normalized spacial score (nSPS) is 14.1. The van der Waals surface area contributed by atoms with Crippen LogP contribution in [0.2, 0.25) is 0 Å². The lowest BCUT2D eigenvalue weighted by Crippen LogP contribution is -2.01. The molecule has 0 saturated carbocycles. The number of hydrogen-bond acceptors (Lipinski definition) is 6. The zero-order chi connectivity index (χ0) is 19.8. The average molecular weight is 397 g/mol. The highest BCUT2D eigenvalue weighted by molar-refractivity contribution is 7.20. The second-order valence-corrected chi connectivity index (χ2v) is 7.42. The van der Waals surface area contributed by atoms with Gasteiger partial charge in [0, 0.05) is 25.0 Å². The first kappa shape index (κ1) is 18.1. The van der Waals surface area contributed by atoms with Crippen molar-refractivity contribution >= 4 is 38.6 Å². The van der Waals surface area contributed by atoms with Crippen LogP contribution in [0.25, 0.3) is 15.8 Å². The number of ether oxygens (including phenoxy) is 1. The number of nitrogens with zero attached hydrogens (tertiary/aromatic N) is 2. The van der Waals surface area contributed by atoms with E-state index >= 15 is 0 Å². The van der Waals surface area contributed by atoms with E-state index in [2.05, 4.69) is 4.98 Å². The van der Waals surface area contributed by atoms with E-state index < -0.39 is 0 Å². The quantitative estimate of drug-likeness (QED) is 0.582. The van der Waals surface area contributed by atoms with Gasteiger partial charge in [0.1, 0.15) is 11.5 Å². The minimum absolute atomic E-state index is 0.0666. The molecule has 1 aromatic heterocycles. The molecular formula is C20H17N2O5S+. The summed E-state index contributed by atoms with van der Waals surface area (Å²) in [5.41, 5.74) is 2.76. The molecule has 2 N–H and O–H groups in total. The van der Waals surface area contributed by atoms with Gasteiger partial charge in [-0.05, 0) is 35.7 Å². The largest absolute Gasteiger partial charge is 0.512 e. The van der Waals surface area contributed by atoms with Crippen LogP contribution in [0.15, 0.2) is 42.2 Å². The summed E-state index contributed by atoms with van der Waals surface area (Å²) in [6.07, 6.45) is 1.40. The predicted molar refractivity (Wildman–Crippen MR) is 104 cm³/mol. The van der Waals surface area contributed by atoms with Crippen molar-refractivity contribution in [3.63, 3.8) is 0 Å². The van der Waals surface area contributed by atoms with Gasteiger partial charge in [-0.1, -0.05) is 24.3 Å². The SMILES string of the molecule is CCc1ccc(Oc2nc3ccc([N+](=O)O)cc3s2)cc1C1=C(O)CCC1=O. The summed E-state index contributed by atoms with van der Waals surface area (Å²) >= 11 is 1.23. The summed E-state index contributed by atoms with van der Waals surface area (Å²) < 4.78 is 6.57. The Morgan fingerprint density at radius 1 is 1.21 bits per heavy atom. The lowest BCUT2D eigenvalue weighted by atomic mass is 9.96. The number of benzene rings is 2. The van der Waals surface area contributed by atoms with Gasteiger partial charge in [0.25, 0.3) is 10.1 Å². The van der Waals surface area contributed by atoms with Crippen LogP contribution in [0.1, 0.15) is 30.9 Å². The first-order valence-electron chi connectivity index (χ1n) is 8.79. The molecule has 0 radical (unpaired) electrons. The van der Waals surface area contributed by atoms with Crippen molar-refractivity contribution in [2.24, 2.45) is 0 Å². The van der Waals surface area contributed by atoms with E-state index in [1.54, 1.807) is 18.2 Å². The smallest absolute Gasteiger partial charge is 0.318 e. The number of rotatable bonds is 5. The fourth-order valence-corrected chi connectivity index (χ4v) is 4.13. The number of aliphatic hydroxyl groups is 1. The van der Waals surface area contributed by atoms with Gasteiger partial charge in [-0.15, -0.1) is 0 Å². The van der Waals surface area contributed by atoms with Gasteiger partial charge in [0.05, 0.1) is 20.7 Å². The summed E-state index contributed by atoms with van der Waals surface area (Å²) in [4.78, 5) is 27.4. The van der Waals surface area contributed by atoms with E-state index in [9.17, 15) is 14.8 Å². The third kappa shape index (κ3) is 3.22. The number of allylic oxidation sites excluding steroid dienone is 2. The van der Waals surface area contributed by atoms with Crippen LogP contribution in [0.5, 0.6) is 10.9 Å². The van der Waals surface area contributed by atoms with Gasteiger partial charge in [-0.2, -0.15) is 0 Å². The van der Waals surface area contributed by atoms with Gasteiger partial charge in [0.2, 0.25) is 0 Å². The number of aromatic nitrogens is 1. The van der Waals surface area contributed by atoms with Crippen molar-refractivity contribution in [1.29, 1.82) is 0 Å². The second kappa shape index (κ2) is 7.05. The predicted octanol–water partition coefficient (Wildman–Crippen LogP) is 5.08. The van der Waals surface area contributed by atoms with E-state index in [1.165, 1.54) is 23.5 Å². The number of carbonyl (C=O) groups is 1. The van der Waals surface area contributed by atoms with Crippen molar-refractivity contribution in [1.82, 2.24) is 4.98 Å². The highest BCUT2D eigenvalue weighted by Crippen LogP contribution is 2.37. The highest BCUT2D eigenvalue weighted by Gasteiger charge is 2.26. The number of hydrogen-bond donors (Lipinski definition) is 2. The van der Waals surface area contributed by atoms with Crippen molar-refractivity contribution < 1.29 is 24.8 Å².